The summed E-state index contributed by atoms with van der Waals surface area (Å²) >= 11 is 0. The van der Waals surface area contributed by atoms with Crippen LogP contribution in [0.4, 0.5) is 0 Å². The van der Waals surface area contributed by atoms with E-state index in [0.29, 0.717) is 6.61 Å². The van der Waals surface area contributed by atoms with Crippen LogP contribution in [-0.4, -0.2) is 36.6 Å². The number of rotatable bonds is 2. The lowest BCUT2D eigenvalue weighted by Gasteiger charge is -2.28. The zero-order valence-corrected chi connectivity index (χ0v) is 8.08. The first-order chi connectivity index (χ1) is 6.72. The molecule has 3 atom stereocenters. The highest BCUT2D eigenvalue weighted by atomic mass is 16.5. The van der Waals surface area contributed by atoms with Gasteiger partial charge in [-0.3, -0.25) is 4.79 Å². The zero-order valence-electron chi connectivity index (χ0n) is 8.08. The zero-order chi connectivity index (χ0) is 10.1. The van der Waals surface area contributed by atoms with Crippen LogP contribution in [0.25, 0.3) is 0 Å². The molecular formula is C9H14N2O3. The van der Waals surface area contributed by atoms with Gasteiger partial charge in [0.1, 0.15) is 6.04 Å². The number of hydrogen-bond donors (Lipinski definition) is 2. The standard InChI is InChI=1S/C9H14N2O3/c1-2-14-9(13)7-5-3-4-6(10-5)8(12)11-7/h5-7,10H,2-4H2,1H3,(H,11,12)/t5-,6-,7-/m0/s1. The molecule has 2 fully saturated rings. The van der Waals surface area contributed by atoms with Gasteiger partial charge in [-0.2, -0.15) is 0 Å². The highest BCUT2D eigenvalue weighted by molar-refractivity contribution is 5.90. The van der Waals surface area contributed by atoms with E-state index in [0.717, 1.165) is 12.8 Å². The van der Waals surface area contributed by atoms with E-state index >= 15 is 0 Å². The van der Waals surface area contributed by atoms with Crippen LogP contribution in [0.15, 0.2) is 0 Å². The van der Waals surface area contributed by atoms with Crippen molar-refractivity contribution < 1.29 is 14.3 Å². The third-order valence-corrected chi connectivity index (χ3v) is 2.74. The minimum absolute atomic E-state index is 0.0525. The summed E-state index contributed by atoms with van der Waals surface area (Å²) in [6.07, 6.45) is 1.67. The number of ether oxygens (including phenoxy) is 1. The lowest BCUT2D eigenvalue weighted by molar-refractivity contribution is -0.149. The van der Waals surface area contributed by atoms with E-state index in [1.165, 1.54) is 0 Å². The summed E-state index contributed by atoms with van der Waals surface area (Å²) in [5.41, 5.74) is 0. The first-order valence-electron chi connectivity index (χ1n) is 4.95. The monoisotopic (exact) mass is 198 g/mol. The Morgan fingerprint density at radius 2 is 2.36 bits per heavy atom. The Bertz CT molecular complexity index is 267. The quantitative estimate of drug-likeness (QED) is 0.568. The molecule has 2 saturated heterocycles. The fourth-order valence-electron chi connectivity index (χ4n) is 2.05. The van der Waals surface area contributed by atoms with Crippen molar-refractivity contribution in [3.05, 3.63) is 0 Å². The predicted octanol–water partition coefficient (Wildman–Crippen LogP) is -0.831. The van der Waals surface area contributed by atoms with Gasteiger partial charge in [0, 0.05) is 6.04 Å². The summed E-state index contributed by atoms with van der Waals surface area (Å²) in [7, 11) is 0. The SMILES string of the molecule is CCOC(=O)[C@H]1NC(=O)[C@@H]2CC[C@@H]1N2. The van der Waals surface area contributed by atoms with Crippen molar-refractivity contribution in [3.63, 3.8) is 0 Å². The number of amides is 1. The summed E-state index contributed by atoms with van der Waals surface area (Å²) in [4.78, 5) is 22.8. The highest BCUT2D eigenvalue weighted by Crippen LogP contribution is 2.20. The van der Waals surface area contributed by atoms with Gasteiger partial charge in [0.25, 0.3) is 0 Å². The van der Waals surface area contributed by atoms with Crippen LogP contribution in [-0.2, 0) is 14.3 Å². The van der Waals surface area contributed by atoms with Crippen molar-refractivity contribution in [2.45, 2.75) is 37.9 Å². The average molecular weight is 198 g/mol. The molecule has 0 spiro atoms. The molecule has 0 aromatic carbocycles. The number of piperazine rings is 1. The Kier molecular flexibility index (Phi) is 2.41. The van der Waals surface area contributed by atoms with Crippen LogP contribution in [0.3, 0.4) is 0 Å². The maximum atomic E-state index is 11.5. The predicted molar refractivity (Wildman–Crippen MR) is 48.5 cm³/mol. The maximum absolute atomic E-state index is 11.5. The Hall–Kier alpha value is -1.10. The van der Waals surface area contributed by atoms with Gasteiger partial charge in [-0.05, 0) is 19.8 Å². The van der Waals surface area contributed by atoms with Crippen molar-refractivity contribution in [3.8, 4) is 0 Å². The Balaban J connectivity index is 2.05. The smallest absolute Gasteiger partial charge is 0.330 e. The van der Waals surface area contributed by atoms with Crippen molar-refractivity contribution in [1.82, 2.24) is 10.6 Å². The van der Waals surface area contributed by atoms with Gasteiger partial charge in [-0.15, -0.1) is 0 Å². The molecule has 0 aromatic heterocycles. The van der Waals surface area contributed by atoms with Crippen LogP contribution in [0, 0.1) is 0 Å². The second-order valence-corrected chi connectivity index (χ2v) is 3.64. The third-order valence-electron chi connectivity index (χ3n) is 2.74. The number of nitrogens with one attached hydrogen (secondary N) is 2. The Morgan fingerprint density at radius 3 is 3.07 bits per heavy atom. The highest BCUT2D eigenvalue weighted by Gasteiger charge is 2.43. The maximum Gasteiger partial charge on any atom is 0.330 e. The van der Waals surface area contributed by atoms with Crippen molar-refractivity contribution in [2.24, 2.45) is 0 Å². The van der Waals surface area contributed by atoms with Gasteiger partial charge >= 0.3 is 5.97 Å². The molecule has 5 nitrogen and oxygen atoms in total. The van der Waals surface area contributed by atoms with Crippen molar-refractivity contribution in [1.29, 1.82) is 0 Å². The number of fused-ring (bicyclic) bond motifs is 2. The number of hydrogen-bond acceptors (Lipinski definition) is 4. The van der Waals surface area contributed by atoms with Gasteiger partial charge in [0.05, 0.1) is 12.6 Å². The van der Waals surface area contributed by atoms with E-state index in [4.69, 9.17) is 4.74 Å². The summed E-state index contributed by atoms with van der Waals surface area (Å²) < 4.78 is 4.89. The number of carbonyl (C=O) groups excluding carboxylic acids is 2. The molecule has 2 N–H and O–H groups in total. The second kappa shape index (κ2) is 3.57. The molecule has 0 aromatic rings. The molecule has 1 amide bonds. The molecule has 2 bridgehead atoms. The molecule has 5 heteroatoms. The van der Waals surface area contributed by atoms with Gasteiger partial charge < -0.3 is 15.4 Å². The number of esters is 1. The van der Waals surface area contributed by atoms with E-state index in [-0.39, 0.29) is 24.0 Å². The summed E-state index contributed by atoms with van der Waals surface area (Å²) in [5.74, 6) is -0.421. The first-order valence-corrected chi connectivity index (χ1v) is 4.95. The number of carbonyl (C=O) groups is 2. The molecule has 2 aliphatic rings. The van der Waals surface area contributed by atoms with E-state index < -0.39 is 6.04 Å². The minimum atomic E-state index is -0.499. The molecule has 0 aliphatic carbocycles. The molecule has 0 unspecified atom stereocenters. The summed E-state index contributed by atoms with van der Waals surface area (Å²) in [5, 5.41) is 5.80. The Morgan fingerprint density at radius 1 is 1.57 bits per heavy atom. The van der Waals surface area contributed by atoms with Crippen LogP contribution >= 0.6 is 0 Å². The van der Waals surface area contributed by atoms with Crippen LogP contribution in [0.5, 0.6) is 0 Å². The molecule has 78 valence electrons. The largest absolute Gasteiger partial charge is 0.464 e. The summed E-state index contributed by atoms with van der Waals surface area (Å²) in [6.45, 7) is 2.11. The fourth-order valence-corrected chi connectivity index (χ4v) is 2.05. The molecular weight excluding hydrogens is 184 g/mol. The van der Waals surface area contributed by atoms with Gasteiger partial charge in [-0.25, -0.2) is 4.79 Å². The molecule has 2 rings (SSSR count). The van der Waals surface area contributed by atoms with Crippen molar-refractivity contribution in [2.75, 3.05) is 6.61 Å². The van der Waals surface area contributed by atoms with Gasteiger partial charge in [0.2, 0.25) is 5.91 Å². The molecule has 14 heavy (non-hydrogen) atoms. The Labute approximate surface area is 82.2 Å². The fraction of sp³-hybridized carbons (Fsp3) is 0.778. The normalized spacial score (nSPS) is 35.2. The molecule has 0 radical (unpaired) electrons. The second-order valence-electron chi connectivity index (χ2n) is 3.64. The van der Waals surface area contributed by atoms with Crippen LogP contribution < -0.4 is 10.6 Å². The minimum Gasteiger partial charge on any atom is -0.464 e. The molecule has 0 saturated carbocycles. The summed E-state index contributed by atoms with van der Waals surface area (Å²) in [6, 6.07) is -0.552. The van der Waals surface area contributed by atoms with E-state index in [1.807, 2.05) is 0 Å². The topological polar surface area (TPSA) is 67.4 Å². The van der Waals surface area contributed by atoms with Gasteiger partial charge in [-0.1, -0.05) is 0 Å². The van der Waals surface area contributed by atoms with Crippen LogP contribution in [0.2, 0.25) is 0 Å². The van der Waals surface area contributed by atoms with Crippen molar-refractivity contribution >= 4 is 11.9 Å². The van der Waals surface area contributed by atoms with E-state index in [9.17, 15) is 9.59 Å². The lowest BCUT2D eigenvalue weighted by Crippen LogP contribution is -2.62. The molecule has 2 heterocycles. The average Bonchev–Trinajstić information content (AvgIpc) is 2.57. The van der Waals surface area contributed by atoms with Crippen LogP contribution in [0.1, 0.15) is 19.8 Å². The van der Waals surface area contributed by atoms with E-state index in [2.05, 4.69) is 10.6 Å². The lowest BCUT2D eigenvalue weighted by atomic mass is 10.1. The van der Waals surface area contributed by atoms with E-state index in [1.54, 1.807) is 6.92 Å². The first kappa shape index (κ1) is 9.45. The van der Waals surface area contributed by atoms with Gasteiger partial charge in [0.15, 0.2) is 0 Å². The molecule has 2 aliphatic heterocycles. The third kappa shape index (κ3) is 1.48.